The van der Waals surface area contributed by atoms with Gasteiger partial charge in [-0.05, 0) is 78.4 Å². The second-order valence-corrected chi connectivity index (χ2v) is 19.2. The molecule has 2 aliphatic heterocycles. The summed E-state index contributed by atoms with van der Waals surface area (Å²) in [6.45, 7) is 13.5. The van der Waals surface area contributed by atoms with Crippen molar-refractivity contribution in [2.45, 2.75) is 102 Å². The number of piperidine rings is 2. The Morgan fingerprint density at radius 2 is 1.13 bits per heavy atom. The fraction of sp³-hybridized carbons (Fsp3) is 0.579. The van der Waals surface area contributed by atoms with Crippen molar-refractivity contribution in [3.63, 3.8) is 0 Å². The highest BCUT2D eigenvalue weighted by molar-refractivity contribution is 7.93. The molecule has 0 spiro atoms. The summed E-state index contributed by atoms with van der Waals surface area (Å²) in [4.78, 5) is 49.2. The van der Waals surface area contributed by atoms with Crippen molar-refractivity contribution in [3.05, 3.63) is 71.8 Å². The third-order valence-corrected chi connectivity index (χ3v) is 11.6. The fourth-order valence-electron chi connectivity index (χ4n) is 5.20. The first-order valence-corrected chi connectivity index (χ1v) is 21.4. The first kappa shape index (κ1) is 46.0. The number of primary amides is 1. The number of hydrogen-bond donors (Lipinski definition) is 1. The molecule has 0 saturated carbocycles. The van der Waals surface area contributed by atoms with E-state index < -0.39 is 43.9 Å². The van der Waals surface area contributed by atoms with Gasteiger partial charge in [-0.1, -0.05) is 60.7 Å². The second-order valence-electron chi connectivity index (χ2n) is 14.9. The molecule has 2 saturated heterocycles. The minimum absolute atomic E-state index is 0.0930. The van der Waals surface area contributed by atoms with E-state index in [9.17, 15) is 27.6 Å². The third kappa shape index (κ3) is 18.7. The van der Waals surface area contributed by atoms with Gasteiger partial charge in [0.1, 0.15) is 24.4 Å². The molecular formula is C38H58N4O10S2. The van der Waals surface area contributed by atoms with Crippen molar-refractivity contribution in [1.29, 1.82) is 0 Å². The molecule has 16 heteroatoms. The van der Waals surface area contributed by atoms with Crippen LogP contribution in [0, 0.1) is 0 Å². The van der Waals surface area contributed by atoms with Crippen LogP contribution in [-0.4, -0.2) is 103 Å². The van der Waals surface area contributed by atoms with E-state index in [-0.39, 0.29) is 35.9 Å². The maximum atomic E-state index is 12.9. The van der Waals surface area contributed by atoms with Crippen LogP contribution in [0.1, 0.15) is 78.4 Å². The first-order valence-electron chi connectivity index (χ1n) is 17.8. The summed E-state index contributed by atoms with van der Waals surface area (Å²) in [7, 11) is -3.53. The van der Waals surface area contributed by atoms with Gasteiger partial charge < -0.3 is 34.5 Å². The van der Waals surface area contributed by atoms with Crippen molar-refractivity contribution in [2.24, 2.45) is 10.1 Å². The second kappa shape index (κ2) is 21.6. The van der Waals surface area contributed by atoms with Gasteiger partial charge in [0.15, 0.2) is 0 Å². The molecule has 2 aromatic rings. The molecule has 0 radical (unpaired) electrons. The van der Waals surface area contributed by atoms with Crippen LogP contribution >= 0.6 is 0 Å². The lowest BCUT2D eigenvalue weighted by atomic mass is 10.1. The van der Waals surface area contributed by atoms with Gasteiger partial charge in [-0.15, -0.1) is 4.36 Å². The lowest BCUT2D eigenvalue weighted by Gasteiger charge is -2.33. The predicted molar refractivity (Wildman–Crippen MR) is 210 cm³/mol. The molecule has 2 fully saturated rings. The van der Waals surface area contributed by atoms with E-state index in [1.807, 2.05) is 102 Å². The topological polar surface area (TPSA) is 184 Å². The van der Waals surface area contributed by atoms with Crippen LogP contribution in [-0.2, 0) is 52.7 Å². The molecule has 0 aliphatic carbocycles. The van der Waals surface area contributed by atoms with Crippen molar-refractivity contribution in [3.8, 4) is 0 Å². The monoisotopic (exact) mass is 794 g/mol. The number of nitrogens with two attached hydrogens (primary N) is 1. The molecule has 2 N–H and O–H groups in total. The Hall–Kier alpha value is -4.18. The molecule has 54 heavy (non-hydrogen) atoms. The predicted octanol–water partition coefficient (Wildman–Crippen LogP) is 6.87. The molecule has 0 bridgehead atoms. The molecule has 2 atom stereocenters. The number of ether oxygens (including phenoxy) is 4. The molecule has 4 amide bonds. The zero-order valence-electron chi connectivity index (χ0n) is 32.8. The number of rotatable bonds is 6. The van der Waals surface area contributed by atoms with E-state index in [0.717, 1.165) is 24.0 Å². The fourth-order valence-corrected chi connectivity index (χ4v) is 7.65. The standard InChI is InChI=1S/C19H28N2O5S.C11H21NO3S.C8H9NO2/c1-19(2,3)26-18(23)21-12-10-16(11-13-21)27(4,24)20-17(22)25-14-15-8-6-5-7-9-15;1-11(2,3)15-10(13)12-7-5-9(6-8-12)16(4)14;9-8(10)11-6-7-4-2-1-3-5-7/h5-9,16H,10-14H2,1-4H3;9H,5-8H2,1-4H3;1-5H,6H2,(H2,9,10). The van der Waals surface area contributed by atoms with Gasteiger partial charge in [0.05, 0.1) is 9.73 Å². The SMILES string of the molecule is CC(C)(C)OC(=O)N1CCC(S(C)(=O)=NC(=O)OCc2ccccc2)CC1.CS(=O)C1CCN(C(=O)OC(C)(C)C)CC1.NC(=O)OCc1ccccc1. The molecule has 0 aromatic heterocycles. The van der Waals surface area contributed by atoms with E-state index in [0.29, 0.717) is 39.0 Å². The summed E-state index contributed by atoms with van der Waals surface area (Å²) in [5.41, 5.74) is 5.56. The highest BCUT2D eigenvalue weighted by Gasteiger charge is 2.31. The number of likely N-dealkylation sites (tertiary alicyclic amines) is 2. The highest BCUT2D eigenvalue weighted by atomic mass is 32.2. The van der Waals surface area contributed by atoms with Gasteiger partial charge in [-0.2, -0.15) is 0 Å². The minimum atomic E-state index is -2.75. The molecule has 14 nitrogen and oxygen atoms in total. The van der Waals surface area contributed by atoms with Crippen molar-refractivity contribution in [1.82, 2.24) is 9.80 Å². The number of amides is 4. The average Bonchev–Trinajstić information content (AvgIpc) is 3.10. The molecule has 2 aromatic carbocycles. The molecule has 2 heterocycles. The van der Waals surface area contributed by atoms with Crippen LogP contribution in [0.5, 0.6) is 0 Å². The van der Waals surface area contributed by atoms with Crippen molar-refractivity contribution < 1.29 is 46.5 Å². The largest absolute Gasteiger partial charge is 0.445 e. The Morgan fingerprint density at radius 3 is 1.50 bits per heavy atom. The van der Waals surface area contributed by atoms with Gasteiger partial charge in [-0.25, -0.2) is 23.4 Å². The summed E-state index contributed by atoms with van der Waals surface area (Å²) in [5, 5.41) is -0.0286. The minimum Gasteiger partial charge on any atom is -0.445 e. The summed E-state index contributed by atoms with van der Waals surface area (Å²) in [5.74, 6) is 0. The third-order valence-electron chi connectivity index (χ3n) is 7.96. The highest BCUT2D eigenvalue weighted by Crippen LogP contribution is 2.22. The summed E-state index contributed by atoms with van der Waals surface area (Å²) < 4.78 is 48.3. The lowest BCUT2D eigenvalue weighted by molar-refractivity contribution is 0.0208. The van der Waals surface area contributed by atoms with Crippen LogP contribution in [0.25, 0.3) is 0 Å². The zero-order valence-corrected chi connectivity index (χ0v) is 34.5. The zero-order chi connectivity index (χ0) is 40.5. The molecule has 2 aliphatic rings. The van der Waals surface area contributed by atoms with Crippen LogP contribution in [0.4, 0.5) is 19.2 Å². The van der Waals surface area contributed by atoms with Gasteiger partial charge >= 0.3 is 24.4 Å². The Balaban J connectivity index is 0.000000314. The van der Waals surface area contributed by atoms with E-state index in [1.54, 1.807) is 16.1 Å². The Kier molecular flexibility index (Phi) is 18.4. The number of carbonyl (C=O) groups is 4. The average molecular weight is 795 g/mol. The van der Waals surface area contributed by atoms with Gasteiger partial charge in [0.25, 0.3) is 0 Å². The molecule has 4 rings (SSSR count). The summed E-state index contributed by atoms with van der Waals surface area (Å²) in [6, 6.07) is 18.6. The number of hydrogen-bond acceptors (Lipinski definition) is 10. The number of benzene rings is 2. The van der Waals surface area contributed by atoms with Crippen molar-refractivity contribution >= 4 is 44.9 Å². The summed E-state index contributed by atoms with van der Waals surface area (Å²) in [6.07, 6.45) is 3.64. The lowest BCUT2D eigenvalue weighted by Crippen LogP contribution is -2.44. The van der Waals surface area contributed by atoms with E-state index >= 15 is 0 Å². The maximum absolute atomic E-state index is 12.9. The Bertz CT molecular complexity index is 1640. The van der Waals surface area contributed by atoms with Crippen LogP contribution in [0.3, 0.4) is 0 Å². The quantitative estimate of drug-likeness (QED) is 0.303. The van der Waals surface area contributed by atoms with Gasteiger partial charge in [-0.3, -0.25) is 4.21 Å². The van der Waals surface area contributed by atoms with Crippen molar-refractivity contribution in [2.75, 3.05) is 38.7 Å². The number of nitrogens with zero attached hydrogens (tertiary/aromatic N) is 3. The van der Waals surface area contributed by atoms with E-state index in [4.69, 9.17) is 19.9 Å². The van der Waals surface area contributed by atoms with E-state index in [1.165, 1.54) is 6.26 Å². The molecular weight excluding hydrogens is 737 g/mol. The molecule has 2 unspecified atom stereocenters. The van der Waals surface area contributed by atoms with Gasteiger partial charge in [0.2, 0.25) is 0 Å². The van der Waals surface area contributed by atoms with Crippen LogP contribution in [0.15, 0.2) is 65.0 Å². The van der Waals surface area contributed by atoms with E-state index in [2.05, 4.69) is 9.10 Å². The van der Waals surface area contributed by atoms with Gasteiger partial charge in [0, 0.05) is 60.0 Å². The Labute approximate surface area is 323 Å². The smallest absolute Gasteiger partial charge is 0.442 e. The first-order chi connectivity index (χ1) is 25.1. The Morgan fingerprint density at radius 1 is 0.741 bits per heavy atom. The summed E-state index contributed by atoms with van der Waals surface area (Å²) >= 11 is 0. The maximum Gasteiger partial charge on any atom is 0.442 e. The normalized spacial score (nSPS) is 16.8. The molecule has 302 valence electrons. The van der Waals surface area contributed by atoms with Crippen LogP contribution < -0.4 is 5.73 Å². The number of carbonyl (C=O) groups excluding carboxylic acids is 4. The van der Waals surface area contributed by atoms with Crippen LogP contribution in [0.2, 0.25) is 0 Å².